The van der Waals surface area contributed by atoms with Crippen LogP contribution in [0.3, 0.4) is 0 Å². The van der Waals surface area contributed by atoms with Crippen molar-refractivity contribution in [3.8, 4) is 0 Å². The van der Waals surface area contributed by atoms with E-state index in [4.69, 9.17) is 5.73 Å². The van der Waals surface area contributed by atoms with Crippen molar-refractivity contribution in [2.75, 3.05) is 12.8 Å². The highest BCUT2D eigenvalue weighted by Crippen LogP contribution is 2.40. The number of carbonyl (C=O) groups excluding carboxylic acids is 2. The molecule has 1 aliphatic rings. The highest BCUT2D eigenvalue weighted by atomic mass is 32.2. The molecule has 0 aromatic heterocycles. The number of esters is 1. The van der Waals surface area contributed by atoms with Gasteiger partial charge in [0.05, 0.1) is 12.0 Å². The summed E-state index contributed by atoms with van der Waals surface area (Å²) >= 11 is 1.54. The number of benzene rings is 1. The summed E-state index contributed by atoms with van der Waals surface area (Å²) in [4.78, 5) is 26.3. The van der Waals surface area contributed by atoms with Crippen molar-refractivity contribution in [3.63, 3.8) is 0 Å². The van der Waals surface area contributed by atoms with Gasteiger partial charge in [0.25, 0.3) is 0 Å². The van der Waals surface area contributed by atoms with Crippen molar-refractivity contribution < 1.29 is 14.3 Å². The van der Waals surface area contributed by atoms with Gasteiger partial charge >= 0.3 is 5.97 Å². The minimum absolute atomic E-state index is 0.151. The van der Waals surface area contributed by atoms with E-state index in [-0.39, 0.29) is 17.7 Å². The molecule has 1 aromatic rings. The zero-order valence-electron chi connectivity index (χ0n) is 19.7. The molecule has 1 aromatic carbocycles. The Bertz CT molecular complexity index is 783. The quantitative estimate of drug-likeness (QED) is 0.130. The van der Waals surface area contributed by atoms with E-state index in [1.807, 2.05) is 24.3 Å². The van der Waals surface area contributed by atoms with Crippen LogP contribution in [0.1, 0.15) is 84.0 Å². The topological polar surface area (TPSA) is 69.4 Å². The van der Waals surface area contributed by atoms with Gasteiger partial charge in [-0.05, 0) is 49.9 Å². The molecule has 0 aliphatic heterocycles. The van der Waals surface area contributed by atoms with E-state index in [9.17, 15) is 9.59 Å². The first-order chi connectivity index (χ1) is 15.5. The third-order valence-electron chi connectivity index (χ3n) is 5.89. The molecular formula is C27H39NO3S. The monoisotopic (exact) mass is 457 g/mol. The number of anilines is 1. The summed E-state index contributed by atoms with van der Waals surface area (Å²) in [5.41, 5.74) is 7.49. The summed E-state index contributed by atoms with van der Waals surface area (Å²) in [5, 5.41) is 0. The van der Waals surface area contributed by atoms with Gasteiger partial charge in [-0.1, -0.05) is 75.8 Å². The van der Waals surface area contributed by atoms with Crippen molar-refractivity contribution in [1.82, 2.24) is 0 Å². The van der Waals surface area contributed by atoms with Crippen molar-refractivity contribution in [2.24, 2.45) is 5.92 Å². The molecule has 0 radical (unpaired) electrons. The maximum Gasteiger partial charge on any atom is 0.305 e. The summed E-state index contributed by atoms with van der Waals surface area (Å²) in [5.74, 6) is 0.249. The second-order valence-corrected chi connectivity index (χ2v) is 9.64. The minimum Gasteiger partial charge on any atom is -0.469 e. The summed E-state index contributed by atoms with van der Waals surface area (Å²) < 4.78 is 4.69. The van der Waals surface area contributed by atoms with Gasteiger partial charge in [0, 0.05) is 28.5 Å². The Kier molecular flexibility index (Phi) is 12.3. The van der Waals surface area contributed by atoms with Crippen molar-refractivity contribution in [2.45, 2.75) is 88.9 Å². The number of allylic oxidation sites excluding steroid dienone is 4. The lowest BCUT2D eigenvalue weighted by Gasteiger charge is -2.10. The van der Waals surface area contributed by atoms with Crippen LogP contribution in [-0.2, 0) is 14.3 Å². The molecule has 1 atom stereocenters. The van der Waals surface area contributed by atoms with Crippen LogP contribution in [0.4, 0.5) is 5.69 Å². The van der Waals surface area contributed by atoms with E-state index in [0.717, 1.165) is 59.6 Å². The Labute approximate surface area is 198 Å². The first-order valence-electron chi connectivity index (χ1n) is 12.1. The Morgan fingerprint density at radius 1 is 1.03 bits per heavy atom. The van der Waals surface area contributed by atoms with Crippen LogP contribution in [0.25, 0.3) is 0 Å². The van der Waals surface area contributed by atoms with Crippen LogP contribution in [-0.4, -0.2) is 18.9 Å². The minimum atomic E-state index is -0.151. The van der Waals surface area contributed by atoms with Crippen LogP contribution in [0.2, 0.25) is 0 Å². The zero-order chi connectivity index (χ0) is 23.2. The maximum atomic E-state index is 13.2. The average molecular weight is 458 g/mol. The van der Waals surface area contributed by atoms with Gasteiger partial charge < -0.3 is 10.5 Å². The standard InChI is InChI=1S/C27H39NO3S/c1-3-4-5-6-7-10-13-21-20-25(32-23-18-16-22(28)17-19-23)27(30)24(21)14-11-8-9-12-15-26(29)31-2/h14,16-21H,3-13,15,28H2,1-2H3/b24-14+/t21-/m1/s1. The van der Waals surface area contributed by atoms with Gasteiger partial charge in [-0.15, -0.1) is 0 Å². The van der Waals surface area contributed by atoms with E-state index in [2.05, 4.69) is 23.8 Å². The lowest BCUT2D eigenvalue weighted by molar-refractivity contribution is -0.140. The number of unbranched alkanes of at least 4 members (excludes halogenated alkanes) is 8. The van der Waals surface area contributed by atoms with Crippen molar-refractivity contribution >= 4 is 29.2 Å². The zero-order valence-corrected chi connectivity index (χ0v) is 20.6. The number of hydrogen-bond donors (Lipinski definition) is 1. The molecule has 176 valence electrons. The van der Waals surface area contributed by atoms with Crippen LogP contribution in [0, 0.1) is 5.92 Å². The average Bonchev–Trinajstić information content (AvgIpc) is 3.08. The smallest absolute Gasteiger partial charge is 0.305 e. The molecule has 0 spiro atoms. The predicted octanol–water partition coefficient (Wildman–Crippen LogP) is 7.24. The van der Waals surface area contributed by atoms with Crippen LogP contribution >= 0.6 is 11.8 Å². The van der Waals surface area contributed by atoms with Gasteiger partial charge in [0.2, 0.25) is 0 Å². The number of ketones is 1. The number of ether oxygens (including phenoxy) is 1. The maximum absolute atomic E-state index is 13.2. The van der Waals surface area contributed by atoms with E-state index in [1.165, 1.54) is 39.2 Å². The number of nitrogens with two attached hydrogens (primary N) is 1. The number of thioether (sulfide) groups is 1. The Morgan fingerprint density at radius 2 is 1.72 bits per heavy atom. The molecule has 0 bridgehead atoms. The Balaban J connectivity index is 1.93. The molecule has 1 aliphatic carbocycles. The predicted molar refractivity (Wildman–Crippen MR) is 134 cm³/mol. The molecule has 0 saturated carbocycles. The molecular weight excluding hydrogens is 418 g/mol. The third-order valence-corrected chi connectivity index (χ3v) is 6.94. The van der Waals surface area contributed by atoms with Crippen molar-refractivity contribution in [1.29, 1.82) is 0 Å². The first kappa shape index (κ1) is 26.2. The summed E-state index contributed by atoms with van der Waals surface area (Å²) in [7, 11) is 1.43. The second-order valence-electron chi connectivity index (χ2n) is 8.53. The lowest BCUT2D eigenvalue weighted by Crippen LogP contribution is -2.05. The highest BCUT2D eigenvalue weighted by molar-refractivity contribution is 8.04. The molecule has 2 N–H and O–H groups in total. The first-order valence-corrected chi connectivity index (χ1v) is 12.9. The molecule has 2 rings (SSSR count). The van der Waals surface area contributed by atoms with Crippen LogP contribution in [0.5, 0.6) is 0 Å². The number of methoxy groups -OCH3 is 1. The van der Waals surface area contributed by atoms with E-state index in [1.54, 1.807) is 11.8 Å². The number of carbonyl (C=O) groups is 2. The SMILES string of the molecule is CCCCCCCC[C@@H]1C=C(Sc2ccc(N)cc2)C(=O)/C1=C/CCCCCC(=O)OC. The molecule has 32 heavy (non-hydrogen) atoms. The van der Waals surface area contributed by atoms with E-state index >= 15 is 0 Å². The van der Waals surface area contributed by atoms with Gasteiger partial charge in [0.1, 0.15) is 0 Å². The van der Waals surface area contributed by atoms with Crippen molar-refractivity contribution in [3.05, 3.63) is 46.9 Å². The number of Topliss-reactive ketones (excluding diaryl/α,β-unsaturated/α-hetero) is 1. The fraction of sp³-hybridized carbons (Fsp3) is 0.556. The molecule has 0 saturated heterocycles. The Morgan fingerprint density at radius 3 is 2.44 bits per heavy atom. The largest absolute Gasteiger partial charge is 0.469 e. The van der Waals surface area contributed by atoms with Gasteiger partial charge in [0.15, 0.2) is 5.78 Å². The lowest BCUT2D eigenvalue weighted by atomic mass is 9.94. The summed E-state index contributed by atoms with van der Waals surface area (Å²) in [6.45, 7) is 2.24. The third kappa shape index (κ3) is 9.23. The molecule has 0 heterocycles. The van der Waals surface area contributed by atoms with Crippen LogP contribution < -0.4 is 5.73 Å². The second kappa shape index (κ2) is 14.9. The highest BCUT2D eigenvalue weighted by Gasteiger charge is 2.29. The fourth-order valence-electron chi connectivity index (χ4n) is 3.98. The molecule has 0 amide bonds. The van der Waals surface area contributed by atoms with Crippen LogP contribution in [0.15, 0.2) is 51.8 Å². The molecule has 0 fully saturated rings. The summed E-state index contributed by atoms with van der Waals surface area (Å²) in [6, 6.07) is 7.70. The number of rotatable bonds is 15. The van der Waals surface area contributed by atoms with Gasteiger partial charge in [-0.3, -0.25) is 9.59 Å². The number of nitrogen functional groups attached to an aromatic ring is 1. The summed E-state index contributed by atoms with van der Waals surface area (Å²) in [6.07, 6.45) is 17.1. The number of hydrogen-bond acceptors (Lipinski definition) is 5. The van der Waals surface area contributed by atoms with Gasteiger partial charge in [-0.25, -0.2) is 0 Å². The normalized spacial score (nSPS) is 17.1. The van der Waals surface area contributed by atoms with E-state index in [0.29, 0.717) is 6.42 Å². The van der Waals surface area contributed by atoms with E-state index < -0.39 is 0 Å². The molecule has 4 nitrogen and oxygen atoms in total. The molecule has 5 heteroatoms. The Hall–Kier alpha value is -2.01. The fourth-order valence-corrected chi connectivity index (χ4v) is 4.95. The molecule has 0 unspecified atom stereocenters. The van der Waals surface area contributed by atoms with Gasteiger partial charge in [-0.2, -0.15) is 0 Å².